The Morgan fingerprint density at radius 3 is 1.15 bits per heavy atom. The van der Waals surface area contributed by atoms with Gasteiger partial charge in [-0.25, -0.2) is 0 Å². The van der Waals surface area contributed by atoms with E-state index in [1.807, 2.05) is 21.1 Å². The first-order valence-corrected chi connectivity index (χ1v) is 31.4. The Kier molecular flexibility index (Phi) is 52.4. The third-order valence-electron chi connectivity index (χ3n) is 12.6. The zero-order chi connectivity index (χ0) is 54.2. The van der Waals surface area contributed by atoms with Crippen LogP contribution in [-0.2, 0) is 32.7 Å². The molecule has 0 bridgehead atoms. The minimum atomic E-state index is -4.64. The van der Waals surface area contributed by atoms with Gasteiger partial charge in [0, 0.05) is 12.8 Å². The number of nitrogens with zero attached hydrogens (tertiary/aromatic N) is 1. The van der Waals surface area contributed by atoms with Crippen molar-refractivity contribution in [1.29, 1.82) is 0 Å². The quantitative estimate of drug-likeness (QED) is 0.0195. The normalized spacial score (nSPS) is 14.0. The van der Waals surface area contributed by atoms with Gasteiger partial charge < -0.3 is 27.9 Å². The molecule has 0 radical (unpaired) electrons. The molecule has 0 rings (SSSR count). The number of phosphoric acid groups is 1. The van der Waals surface area contributed by atoms with Gasteiger partial charge in [0.2, 0.25) is 0 Å². The van der Waals surface area contributed by atoms with E-state index in [0.717, 1.165) is 96.3 Å². The molecule has 0 aromatic heterocycles. The highest BCUT2D eigenvalue weighted by molar-refractivity contribution is 7.45. The van der Waals surface area contributed by atoms with Gasteiger partial charge in [-0.3, -0.25) is 14.2 Å². The fraction of sp³-hybridized carbons (Fsp3) is 0.719. The lowest BCUT2D eigenvalue weighted by Gasteiger charge is -2.28. The summed E-state index contributed by atoms with van der Waals surface area (Å²) in [6.45, 7) is 4.10. The number of ether oxygens (including phenoxy) is 2. The Hall–Kier alpha value is -3.07. The highest BCUT2D eigenvalue weighted by Gasteiger charge is 2.22. The van der Waals surface area contributed by atoms with Crippen molar-refractivity contribution in [2.45, 2.75) is 251 Å². The summed E-state index contributed by atoms with van der Waals surface area (Å²) >= 11 is 0. The second-order valence-electron chi connectivity index (χ2n) is 21.0. The van der Waals surface area contributed by atoms with Gasteiger partial charge in [-0.05, 0) is 96.3 Å². The van der Waals surface area contributed by atoms with Crippen molar-refractivity contribution in [2.24, 2.45) is 0 Å². The van der Waals surface area contributed by atoms with Crippen molar-refractivity contribution in [2.75, 3.05) is 47.5 Å². The molecule has 0 fully saturated rings. The van der Waals surface area contributed by atoms with Crippen LogP contribution in [0.5, 0.6) is 0 Å². The summed E-state index contributed by atoms with van der Waals surface area (Å²) in [5.74, 6) is -0.841. The summed E-state index contributed by atoms with van der Waals surface area (Å²) < 4.78 is 34.2. The third-order valence-corrected chi connectivity index (χ3v) is 13.6. The molecule has 0 aliphatic rings. The molecule has 0 heterocycles. The molecule has 0 saturated heterocycles. The highest BCUT2D eigenvalue weighted by Crippen LogP contribution is 2.38. The number of rotatable bonds is 54. The summed E-state index contributed by atoms with van der Waals surface area (Å²) in [6, 6.07) is 0. The fourth-order valence-corrected chi connectivity index (χ4v) is 8.71. The monoisotopic (exact) mass is 1050 g/mol. The number of likely N-dealkylation sites (N-methyl/N-ethyl adjacent to an activating group) is 1. The first kappa shape index (κ1) is 70.9. The topological polar surface area (TPSA) is 111 Å². The van der Waals surface area contributed by atoms with Crippen molar-refractivity contribution in [3.63, 3.8) is 0 Å². The van der Waals surface area contributed by atoms with Gasteiger partial charge in [-0.2, -0.15) is 0 Å². The molecule has 426 valence electrons. The fourth-order valence-electron chi connectivity index (χ4n) is 7.98. The maximum absolute atomic E-state index is 12.8. The molecule has 0 aliphatic carbocycles. The van der Waals surface area contributed by atoms with Gasteiger partial charge >= 0.3 is 11.9 Å². The second-order valence-corrected chi connectivity index (χ2v) is 22.4. The van der Waals surface area contributed by atoms with Crippen LogP contribution in [0.1, 0.15) is 245 Å². The lowest BCUT2D eigenvalue weighted by Crippen LogP contribution is -2.37. The molecule has 0 amide bonds. The Balaban J connectivity index is 4.15. The van der Waals surface area contributed by atoms with Gasteiger partial charge in [0.15, 0.2) is 6.10 Å². The number of hydrogen-bond donors (Lipinski definition) is 0. The van der Waals surface area contributed by atoms with E-state index in [4.69, 9.17) is 18.5 Å². The van der Waals surface area contributed by atoms with Crippen LogP contribution in [0.4, 0.5) is 0 Å². The number of phosphoric ester groups is 1. The molecule has 2 unspecified atom stereocenters. The van der Waals surface area contributed by atoms with Gasteiger partial charge in [0.25, 0.3) is 7.82 Å². The Morgan fingerprint density at radius 1 is 0.432 bits per heavy atom. The number of carbonyl (C=O) groups is 2. The summed E-state index contributed by atoms with van der Waals surface area (Å²) in [4.78, 5) is 37.9. The molecule has 0 N–H and O–H groups in total. The van der Waals surface area contributed by atoms with E-state index in [0.29, 0.717) is 17.4 Å². The van der Waals surface area contributed by atoms with Crippen LogP contribution in [0.2, 0.25) is 0 Å². The van der Waals surface area contributed by atoms with E-state index in [-0.39, 0.29) is 32.0 Å². The molecule has 0 aromatic carbocycles. The standard InChI is InChI=1S/C64H112NO8P/c1-6-8-10-12-14-16-18-20-22-24-26-27-28-29-30-31-32-33-34-35-36-37-39-41-43-45-47-49-51-53-55-57-64(67)73-62(61-72-74(68,69)71-59-58-65(3,4)5)60-70-63(66)56-54-52-50-48-46-44-42-40-38-25-23-21-19-17-15-13-11-9-7-2/h8,10,14-17,20-23,26-27,29-30,32-33,62H,6-7,9,11-13,18-19,24-25,28,31,34-61H2,1-5H3/b10-8-,16-14-,17-15-,22-20-,23-21-,27-26-,30-29-,33-32-. The first-order valence-electron chi connectivity index (χ1n) is 29.9. The number of hydrogen-bond acceptors (Lipinski definition) is 8. The SMILES string of the molecule is CC/C=C\C/C=C\C/C=C\C/C=C\C/C=C\C/C=C\CCCCCCCCCCCCCCC(=O)OC(COC(=O)CCCCCCCCCCC/C=C\C/C=C\CCCCC)COP(=O)([O-])OCC[N+](C)(C)C. The van der Waals surface area contributed by atoms with E-state index >= 15 is 0 Å². The molecular formula is C64H112NO8P. The van der Waals surface area contributed by atoms with Crippen LogP contribution < -0.4 is 4.89 Å². The number of allylic oxidation sites excluding steroid dienone is 16. The molecule has 74 heavy (non-hydrogen) atoms. The van der Waals surface area contributed by atoms with Crippen LogP contribution in [-0.4, -0.2) is 70.0 Å². The average molecular weight is 1050 g/mol. The molecule has 0 aromatic rings. The highest BCUT2D eigenvalue weighted by atomic mass is 31.2. The number of esters is 2. The molecule has 10 heteroatoms. The Morgan fingerprint density at radius 2 is 0.770 bits per heavy atom. The number of quaternary nitrogens is 1. The van der Waals surface area contributed by atoms with Crippen molar-refractivity contribution in [1.82, 2.24) is 0 Å². The van der Waals surface area contributed by atoms with Crippen LogP contribution in [0.25, 0.3) is 0 Å². The summed E-state index contributed by atoms with van der Waals surface area (Å²) in [7, 11) is 1.16. The first-order chi connectivity index (χ1) is 36.0. The molecule has 0 saturated carbocycles. The average Bonchev–Trinajstić information content (AvgIpc) is 3.36. The van der Waals surface area contributed by atoms with Crippen molar-refractivity contribution in [3.05, 3.63) is 97.2 Å². The van der Waals surface area contributed by atoms with Crippen molar-refractivity contribution >= 4 is 19.8 Å². The summed E-state index contributed by atoms with van der Waals surface area (Å²) in [5.41, 5.74) is 0. The lowest BCUT2D eigenvalue weighted by atomic mass is 10.0. The van der Waals surface area contributed by atoms with Crippen LogP contribution in [0.15, 0.2) is 97.2 Å². The van der Waals surface area contributed by atoms with E-state index in [9.17, 15) is 19.0 Å². The Labute approximate surface area is 455 Å². The summed E-state index contributed by atoms with van der Waals surface area (Å²) in [5, 5.41) is 0. The van der Waals surface area contributed by atoms with Gasteiger partial charge in [-0.15, -0.1) is 0 Å². The van der Waals surface area contributed by atoms with Crippen LogP contribution in [0, 0.1) is 0 Å². The smallest absolute Gasteiger partial charge is 0.306 e. The van der Waals surface area contributed by atoms with Crippen LogP contribution >= 0.6 is 7.82 Å². The van der Waals surface area contributed by atoms with Gasteiger partial charge in [0.05, 0.1) is 27.7 Å². The molecular weight excluding hydrogens is 942 g/mol. The lowest BCUT2D eigenvalue weighted by molar-refractivity contribution is -0.870. The minimum absolute atomic E-state index is 0.0356. The molecule has 2 atom stereocenters. The van der Waals surface area contributed by atoms with E-state index in [1.54, 1.807) is 0 Å². The summed E-state index contributed by atoms with van der Waals surface area (Å²) in [6.07, 6.45) is 74.5. The maximum Gasteiger partial charge on any atom is 0.306 e. The predicted octanol–water partition coefficient (Wildman–Crippen LogP) is 18.2. The molecule has 0 spiro atoms. The largest absolute Gasteiger partial charge is 0.756 e. The Bertz CT molecular complexity index is 1570. The number of carbonyl (C=O) groups excluding carboxylic acids is 2. The van der Waals surface area contributed by atoms with E-state index < -0.39 is 26.5 Å². The predicted molar refractivity (Wildman–Crippen MR) is 314 cm³/mol. The third kappa shape index (κ3) is 58.2. The van der Waals surface area contributed by atoms with Crippen molar-refractivity contribution < 1.29 is 42.1 Å². The zero-order valence-electron chi connectivity index (χ0n) is 48.3. The van der Waals surface area contributed by atoms with Gasteiger partial charge in [0.1, 0.15) is 19.8 Å². The minimum Gasteiger partial charge on any atom is -0.756 e. The van der Waals surface area contributed by atoms with Gasteiger partial charge in [-0.1, -0.05) is 233 Å². The van der Waals surface area contributed by atoms with E-state index in [2.05, 4.69) is 111 Å². The molecule has 0 aliphatic heterocycles. The molecule has 9 nitrogen and oxygen atoms in total. The van der Waals surface area contributed by atoms with Crippen molar-refractivity contribution in [3.8, 4) is 0 Å². The zero-order valence-corrected chi connectivity index (χ0v) is 49.2. The van der Waals surface area contributed by atoms with E-state index in [1.165, 1.54) is 116 Å². The maximum atomic E-state index is 12.8. The second kappa shape index (κ2) is 54.7. The number of unbranched alkanes of at least 4 members (excludes halogenated alkanes) is 24. The van der Waals surface area contributed by atoms with Crippen LogP contribution in [0.3, 0.4) is 0 Å².